The van der Waals surface area contributed by atoms with Crippen molar-refractivity contribution in [2.75, 3.05) is 22.4 Å². The van der Waals surface area contributed by atoms with Gasteiger partial charge in [-0.25, -0.2) is 8.42 Å². The molecule has 1 heterocycles. The first-order valence-electron chi connectivity index (χ1n) is 9.39. The molecule has 0 atom stereocenters. The zero-order valence-corrected chi connectivity index (χ0v) is 16.7. The number of hydrogen-bond acceptors (Lipinski definition) is 3. The van der Waals surface area contributed by atoms with Crippen LogP contribution in [-0.4, -0.2) is 27.1 Å². The fourth-order valence-corrected chi connectivity index (χ4v) is 4.35. The van der Waals surface area contributed by atoms with E-state index >= 15 is 0 Å². The highest BCUT2D eigenvalue weighted by Crippen LogP contribution is 2.30. The van der Waals surface area contributed by atoms with E-state index in [0.29, 0.717) is 24.2 Å². The first-order valence-corrected chi connectivity index (χ1v) is 11.2. The number of carbonyl (C=O) groups excluding carboxylic acids is 1. The van der Waals surface area contributed by atoms with E-state index in [1.54, 1.807) is 18.2 Å². The van der Waals surface area contributed by atoms with E-state index in [1.807, 2.05) is 12.1 Å². The topological polar surface area (TPSA) is 66.5 Å². The minimum atomic E-state index is -3.28. The molecule has 0 unspecified atom stereocenters. The quantitative estimate of drug-likeness (QED) is 0.732. The number of anilines is 2. The third kappa shape index (κ3) is 4.69. The number of rotatable bonds is 7. The Bertz CT molecular complexity index is 921. The Kier molecular flexibility index (Phi) is 5.85. The van der Waals surface area contributed by atoms with Crippen LogP contribution in [-0.2, 0) is 22.9 Å². The molecule has 1 aliphatic rings. The zero-order valence-electron chi connectivity index (χ0n) is 15.9. The van der Waals surface area contributed by atoms with Crippen LogP contribution >= 0.6 is 0 Å². The van der Waals surface area contributed by atoms with E-state index in [0.717, 1.165) is 17.7 Å². The first kappa shape index (κ1) is 19.4. The Labute approximate surface area is 161 Å². The fourth-order valence-electron chi connectivity index (χ4n) is 3.39. The summed E-state index contributed by atoms with van der Waals surface area (Å²) >= 11 is 0. The summed E-state index contributed by atoms with van der Waals surface area (Å²) in [5.74, 6) is -0.186. The molecule has 0 saturated heterocycles. The average molecular weight is 387 g/mol. The van der Waals surface area contributed by atoms with Gasteiger partial charge in [-0.15, -0.1) is 0 Å². The molecule has 5 nitrogen and oxygen atoms in total. The molecule has 0 fully saturated rings. The molecule has 0 aliphatic carbocycles. The minimum absolute atomic E-state index is 0.186. The number of aryl methyl sites for hydroxylation is 1. The van der Waals surface area contributed by atoms with Gasteiger partial charge in [-0.3, -0.25) is 9.10 Å². The highest BCUT2D eigenvalue weighted by atomic mass is 32.2. The molecule has 0 radical (unpaired) electrons. The Morgan fingerprint density at radius 1 is 1.11 bits per heavy atom. The lowest BCUT2D eigenvalue weighted by Crippen LogP contribution is -2.27. The lowest BCUT2D eigenvalue weighted by atomic mass is 10.1. The lowest BCUT2D eigenvalue weighted by molar-refractivity contribution is 0.102. The van der Waals surface area contributed by atoms with Crippen molar-refractivity contribution in [2.24, 2.45) is 0 Å². The Hall–Kier alpha value is -2.34. The summed E-state index contributed by atoms with van der Waals surface area (Å²) in [6.07, 6.45) is 6.50. The highest BCUT2D eigenvalue weighted by molar-refractivity contribution is 7.92. The second kappa shape index (κ2) is 8.13. The van der Waals surface area contributed by atoms with Crippen LogP contribution in [0.1, 0.15) is 47.7 Å². The summed E-state index contributed by atoms with van der Waals surface area (Å²) in [5.41, 5.74) is 4.14. The molecular weight excluding hydrogens is 360 g/mol. The van der Waals surface area contributed by atoms with Crippen molar-refractivity contribution in [3.05, 3.63) is 59.2 Å². The van der Waals surface area contributed by atoms with Gasteiger partial charge in [0.15, 0.2) is 0 Å². The van der Waals surface area contributed by atoms with Crippen molar-refractivity contribution >= 4 is 27.3 Å². The second-order valence-electron chi connectivity index (χ2n) is 7.04. The van der Waals surface area contributed by atoms with Crippen molar-refractivity contribution < 1.29 is 13.2 Å². The van der Waals surface area contributed by atoms with Gasteiger partial charge in [0.05, 0.1) is 11.9 Å². The van der Waals surface area contributed by atoms with E-state index in [1.165, 1.54) is 35.4 Å². The molecule has 0 saturated carbocycles. The van der Waals surface area contributed by atoms with E-state index in [4.69, 9.17) is 0 Å². The minimum Gasteiger partial charge on any atom is -0.322 e. The largest absolute Gasteiger partial charge is 0.322 e. The highest BCUT2D eigenvalue weighted by Gasteiger charge is 2.26. The summed E-state index contributed by atoms with van der Waals surface area (Å²) in [6.45, 7) is 2.62. The molecular formula is C21H26N2O3S. The van der Waals surface area contributed by atoms with Crippen molar-refractivity contribution in [2.45, 2.75) is 39.0 Å². The van der Waals surface area contributed by atoms with Gasteiger partial charge in [0.25, 0.3) is 5.91 Å². The number of amides is 1. The molecule has 1 N–H and O–H groups in total. The number of nitrogens with one attached hydrogen (secondary N) is 1. The summed E-state index contributed by atoms with van der Waals surface area (Å²) in [7, 11) is -3.28. The van der Waals surface area contributed by atoms with Crippen LogP contribution in [0.25, 0.3) is 0 Å². The molecule has 0 aromatic heterocycles. The lowest BCUT2D eigenvalue weighted by Gasteiger charge is -2.16. The molecule has 2 aromatic carbocycles. The fraction of sp³-hybridized carbons (Fsp3) is 0.381. The number of fused-ring (bicyclic) bond motifs is 1. The van der Waals surface area contributed by atoms with Crippen molar-refractivity contribution in [1.82, 2.24) is 0 Å². The van der Waals surface area contributed by atoms with Gasteiger partial charge in [0, 0.05) is 17.8 Å². The second-order valence-corrected chi connectivity index (χ2v) is 8.94. The van der Waals surface area contributed by atoms with Gasteiger partial charge in [0.2, 0.25) is 10.0 Å². The Morgan fingerprint density at radius 3 is 2.52 bits per heavy atom. The monoisotopic (exact) mass is 386 g/mol. The van der Waals surface area contributed by atoms with Gasteiger partial charge in [-0.1, -0.05) is 31.9 Å². The normalized spacial score (nSPS) is 13.5. The van der Waals surface area contributed by atoms with Gasteiger partial charge in [0.1, 0.15) is 0 Å². The van der Waals surface area contributed by atoms with Gasteiger partial charge < -0.3 is 5.32 Å². The van der Waals surface area contributed by atoms with E-state index in [2.05, 4.69) is 24.4 Å². The van der Waals surface area contributed by atoms with Crippen LogP contribution in [0.4, 0.5) is 11.4 Å². The number of unbranched alkanes of at least 4 members (excludes halogenated alkanes) is 2. The third-order valence-electron chi connectivity index (χ3n) is 4.88. The predicted molar refractivity (Wildman–Crippen MR) is 110 cm³/mol. The average Bonchev–Trinajstić information content (AvgIpc) is 3.07. The van der Waals surface area contributed by atoms with Crippen molar-refractivity contribution in [3.8, 4) is 0 Å². The van der Waals surface area contributed by atoms with Gasteiger partial charge in [-0.2, -0.15) is 0 Å². The molecule has 6 heteroatoms. The number of carbonyl (C=O) groups is 1. The SMILES string of the molecule is CCCCCc1ccc(NC(=O)c2ccc3c(c2)CCN3S(C)(=O)=O)cc1. The predicted octanol–water partition coefficient (Wildman–Crippen LogP) is 3.99. The number of benzene rings is 2. The van der Waals surface area contributed by atoms with Gasteiger partial charge in [-0.05, 0) is 60.7 Å². The Balaban J connectivity index is 1.67. The summed E-state index contributed by atoms with van der Waals surface area (Å²) in [6, 6.07) is 13.1. The van der Waals surface area contributed by atoms with Crippen LogP contribution in [0.3, 0.4) is 0 Å². The first-order chi connectivity index (χ1) is 12.9. The number of nitrogens with zero attached hydrogens (tertiary/aromatic N) is 1. The van der Waals surface area contributed by atoms with Crippen molar-refractivity contribution in [1.29, 1.82) is 0 Å². The molecule has 2 aromatic rings. The maximum atomic E-state index is 12.5. The van der Waals surface area contributed by atoms with Gasteiger partial charge >= 0.3 is 0 Å². The molecule has 27 heavy (non-hydrogen) atoms. The molecule has 3 rings (SSSR count). The molecule has 0 spiro atoms. The number of hydrogen-bond donors (Lipinski definition) is 1. The maximum Gasteiger partial charge on any atom is 0.255 e. The van der Waals surface area contributed by atoms with Crippen LogP contribution in [0, 0.1) is 0 Å². The Morgan fingerprint density at radius 2 is 1.85 bits per heavy atom. The zero-order chi connectivity index (χ0) is 19.4. The van der Waals surface area contributed by atoms with Crippen molar-refractivity contribution in [3.63, 3.8) is 0 Å². The third-order valence-corrected chi connectivity index (χ3v) is 6.06. The van der Waals surface area contributed by atoms with Crippen LogP contribution in [0.15, 0.2) is 42.5 Å². The molecule has 0 bridgehead atoms. The number of sulfonamides is 1. The standard InChI is InChI=1S/C21H26N2O3S/c1-3-4-5-6-16-7-10-19(11-8-16)22-21(24)18-9-12-20-17(15-18)13-14-23(20)27(2,25)26/h7-12,15H,3-6,13-14H2,1-2H3,(H,22,24). The van der Waals surface area contributed by atoms with Crippen LogP contribution in [0.5, 0.6) is 0 Å². The molecule has 144 valence electrons. The van der Waals surface area contributed by atoms with Crippen LogP contribution < -0.4 is 9.62 Å². The summed E-state index contributed by atoms with van der Waals surface area (Å²) in [5, 5.41) is 2.91. The van der Waals surface area contributed by atoms with E-state index < -0.39 is 10.0 Å². The van der Waals surface area contributed by atoms with E-state index in [-0.39, 0.29) is 5.91 Å². The molecule has 1 amide bonds. The smallest absolute Gasteiger partial charge is 0.255 e. The summed E-state index contributed by atoms with van der Waals surface area (Å²) in [4.78, 5) is 12.5. The maximum absolute atomic E-state index is 12.5. The van der Waals surface area contributed by atoms with Crippen LogP contribution in [0.2, 0.25) is 0 Å². The van der Waals surface area contributed by atoms with E-state index in [9.17, 15) is 13.2 Å². The molecule has 1 aliphatic heterocycles. The summed E-state index contributed by atoms with van der Waals surface area (Å²) < 4.78 is 25.0.